The third kappa shape index (κ3) is 8.87. The highest BCUT2D eigenvalue weighted by Gasteiger charge is 2.17. The van der Waals surface area contributed by atoms with Crippen molar-refractivity contribution >= 4 is 34.5 Å². The van der Waals surface area contributed by atoms with E-state index in [1.54, 1.807) is 12.1 Å². The third-order valence-corrected chi connectivity index (χ3v) is 2.59. The summed E-state index contributed by atoms with van der Waals surface area (Å²) in [5, 5.41) is 7.87. The molecule has 0 aliphatic heterocycles. The van der Waals surface area contributed by atoms with Crippen molar-refractivity contribution in [2.45, 2.75) is 39.3 Å². The molecule has 0 aliphatic rings. The molecular weight excluding hydrogens is 373 g/mol. The molecule has 5 nitrogen and oxygen atoms in total. The molecule has 1 unspecified atom stereocenters. The number of rotatable bonds is 2. The summed E-state index contributed by atoms with van der Waals surface area (Å²) < 4.78 is 6.33. The van der Waals surface area contributed by atoms with Crippen molar-refractivity contribution in [1.29, 1.82) is 0 Å². The number of esters is 1. The Labute approximate surface area is 132 Å². The van der Waals surface area contributed by atoms with Gasteiger partial charge in [0.15, 0.2) is 0 Å². The van der Waals surface area contributed by atoms with Gasteiger partial charge in [0.25, 0.3) is 0 Å². The first-order valence-corrected chi connectivity index (χ1v) is 7.08. The van der Waals surface area contributed by atoms with E-state index in [0.717, 1.165) is 3.57 Å². The second-order valence-electron chi connectivity index (χ2n) is 5.14. The predicted octanol–water partition coefficient (Wildman–Crippen LogP) is 2.66. The number of carboxylic acid groups (broad SMARTS) is 1. The number of benzene rings is 1. The van der Waals surface area contributed by atoms with Gasteiger partial charge in [0, 0.05) is 3.57 Å². The lowest BCUT2D eigenvalue weighted by molar-refractivity contribution is -0.138. The minimum Gasteiger partial charge on any atom is -0.480 e. The molecule has 0 spiro atoms. The second kappa shape index (κ2) is 8.21. The lowest BCUT2D eigenvalue weighted by Gasteiger charge is -2.19. The van der Waals surface area contributed by atoms with Gasteiger partial charge in [-0.25, -0.2) is 4.79 Å². The zero-order chi connectivity index (χ0) is 15.9. The Bertz CT molecular complexity index is 449. The van der Waals surface area contributed by atoms with E-state index in [1.165, 1.54) is 6.92 Å². The van der Waals surface area contributed by atoms with Crippen LogP contribution in [-0.4, -0.2) is 28.7 Å². The Balaban J connectivity index is 0.000000511. The van der Waals surface area contributed by atoms with Crippen LogP contribution in [0.1, 0.15) is 38.1 Å². The summed E-state index contributed by atoms with van der Waals surface area (Å²) in [6.45, 7) is 7.00. The summed E-state index contributed by atoms with van der Waals surface area (Å²) in [6.07, 6.45) is 0. The first kappa shape index (κ1) is 18.9. The van der Waals surface area contributed by atoms with Gasteiger partial charge in [-0.15, -0.1) is 0 Å². The van der Waals surface area contributed by atoms with Crippen molar-refractivity contribution < 1.29 is 19.4 Å². The zero-order valence-corrected chi connectivity index (χ0v) is 14.2. The maximum atomic E-state index is 11.5. The van der Waals surface area contributed by atoms with E-state index < -0.39 is 17.6 Å². The maximum Gasteiger partial charge on any atom is 0.338 e. The van der Waals surface area contributed by atoms with Crippen LogP contribution in [0.4, 0.5) is 0 Å². The fourth-order valence-electron chi connectivity index (χ4n) is 0.923. The number of nitrogens with two attached hydrogens (primary N) is 1. The topological polar surface area (TPSA) is 89.6 Å². The van der Waals surface area contributed by atoms with Gasteiger partial charge < -0.3 is 15.6 Å². The molecule has 6 heteroatoms. The molecule has 0 aliphatic carbocycles. The van der Waals surface area contributed by atoms with Gasteiger partial charge in [0.1, 0.15) is 11.6 Å². The molecule has 1 atom stereocenters. The number of halogens is 1. The molecule has 0 aromatic heterocycles. The van der Waals surface area contributed by atoms with Crippen LogP contribution in [0, 0.1) is 3.57 Å². The Morgan fingerprint density at radius 2 is 1.65 bits per heavy atom. The van der Waals surface area contributed by atoms with E-state index in [-0.39, 0.29) is 5.97 Å². The average Bonchev–Trinajstić information content (AvgIpc) is 2.28. The highest BCUT2D eigenvalue weighted by atomic mass is 127. The van der Waals surface area contributed by atoms with Crippen LogP contribution >= 0.6 is 22.6 Å². The van der Waals surface area contributed by atoms with Crippen LogP contribution in [0.15, 0.2) is 24.3 Å². The summed E-state index contributed by atoms with van der Waals surface area (Å²) in [5.74, 6) is -1.23. The highest BCUT2D eigenvalue weighted by molar-refractivity contribution is 14.1. The Morgan fingerprint density at radius 1 is 1.25 bits per heavy atom. The van der Waals surface area contributed by atoms with Crippen molar-refractivity contribution in [2.24, 2.45) is 5.73 Å². The number of carboxylic acids is 1. The normalized spacial score (nSPS) is 11.9. The molecule has 20 heavy (non-hydrogen) atoms. The van der Waals surface area contributed by atoms with Gasteiger partial charge in [0.05, 0.1) is 5.56 Å². The average molecular weight is 393 g/mol. The summed E-state index contributed by atoms with van der Waals surface area (Å²) in [5.41, 5.74) is 5.00. The number of hydrogen-bond acceptors (Lipinski definition) is 4. The Kier molecular flexibility index (Phi) is 7.74. The molecule has 112 valence electrons. The molecule has 1 rings (SSSR count). The van der Waals surface area contributed by atoms with Crippen LogP contribution < -0.4 is 5.73 Å². The van der Waals surface area contributed by atoms with E-state index in [9.17, 15) is 9.59 Å². The SMILES string of the molecule is CC(C)(C)OC(=O)c1ccc(I)cc1.CC(N)C(=O)O. The van der Waals surface area contributed by atoms with Crippen molar-refractivity contribution in [3.05, 3.63) is 33.4 Å². The molecule has 3 N–H and O–H groups in total. The molecule has 1 aromatic rings. The molecule has 1 aromatic carbocycles. The van der Waals surface area contributed by atoms with Gasteiger partial charge >= 0.3 is 11.9 Å². The minimum atomic E-state index is -0.963. The molecule has 0 bridgehead atoms. The first-order valence-electron chi connectivity index (χ1n) is 6.00. The highest BCUT2D eigenvalue weighted by Crippen LogP contribution is 2.13. The van der Waals surface area contributed by atoms with Crippen LogP contribution in [0.5, 0.6) is 0 Å². The fourth-order valence-corrected chi connectivity index (χ4v) is 1.28. The molecule has 0 saturated heterocycles. The van der Waals surface area contributed by atoms with Crippen molar-refractivity contribution in [3.8, 4) is 0 Å². The number of ether oxygens (including phenoxy) is 1. The lowest BCUT2D eigenvalue weighted by Crippen LogP contribution is -2.25. The molecular formula is C14H20INO4. The van der Waals surface area contributed by atoms with Crippen LogP contribution in [-0.2, 0) is 9.53 Å². The molecule has 0 fully saturated rings. The van der Waals surface area contributed by atoms with Gasteiger partial charge in [-0.05, 0) is 74.6 Å². The monoisotopic (exact) mass is 393 g/mol. The molecule has 0 amide bonds. The van der Waals surface area contributed by atoms with Crippen molar-refractivity contribution in [3.63, 3.8) is 0 Å². The van der Waals surface area contributed by atoms with E-state index in [4.69, 9.17) is 15.6 Å². The van der Waals surface area contributed by atoms with E-state index in [2.05, 4.69) is 22.6 Å². The number of carbonyl (C=O) groups excluding carboxylic acids is 1. The molecule has 0 radical (unpaired) electrons. The van der Waals surface area contributed by atoms with E-state index in [1.807, 2.05) is 32.9 Å². The second-order valence-corrected chi connectivity index (χ2v) is 6.38. The fraction of sp³-hybridized carbons (Fsp3) is 0.429. The minimum absolute atomic E-state index is 0.270. The van der Waals surface area contributed by atoms with Gasteiger partial charge in [-0.1, -0.05) is 0 Å². The summed E-state index contributed by atoms with van der Waals surface area (Å²) in [6, 6.07) is 6.59. The lowest BCUT2D eigenvalue weighted by atomic mass is 10.2. The van der Waals surface area contributed by atoms with Crippen LogP contribution in [0.2, 0.25) is 0 Å². The summed E-state index contributed by atoms with van der Waals surface area (Å²) in [4.78, 5) is 21.1. The summed E-state index contributed by atoms with van der Waals surface area (Å²) >= 11 is 2.20. The number of hydrogen-bond donors (Lipinski definition) is 2. The number of carbonyl (C=O) groups is 2. The quantitative estimate of drug-likeness (QED) is 0.596. The molecule has 0 saturated carbocycles. The van der Waals surface area contributed by atoms with Gasteiger partial charge in [-0.2, -0.15) is 0 Å². The predicted molar refractivity (Wildman–Crippen MR) is 85.6 cm³/mol. The van der Waals surface area contributed by atoms with E-state index in [0.29, 0.717) is 5.56 Å². The smallest absolute Gasteiger partial charge is 0.338 e. The molecule has 0 heterocycles. The summed E-state index contributed by atoms with van der Waals surface area (Å²) in [7, 11) is 0. The van der Waals surface area contributed by atoms with Crippen molar-refractivity contribution in [2.75, 3.05) is 0 Å². The van der Waals surface area contributed by atoms with Crippen LogP contribution in [0.3, 0.4) is 0 Å². The van der Waals surface area contributed by atoms with Gasteiger partial charge in [0.2, 0.25) is 0 Å². The standard InChI is InChI=1S/C11H13IO2.C3H7NO2/c1-11(2,3)14-10(13)8-4-6-9(12)7-5-8;1-2(4)3(5)6/h4-7H,1-3H3;2H,4H2,1H3,(H,5,6). The third-order valence-electron chi connectivity index (χ3n) is 1.87. The van der Waals surface area contributed by atoms with Crippen LogP contribution in [0.25, 0.3) is 0 Å². The number of aliphatic carboxylic acids is 1. The Morgan fingerprint density at radius 3 is 1.95 bits per heavy atom. The van der Waals surface area contributed by atoms with E-state index >= 15 is 0 Å². The first-order chi connectivity index (χ1) is 9.03. The largest absolute Gasteiger partial charge is 0.480 e. The maximum absolute atomic E-state index is 11.5. The van der Waals surface area contributed by atoms with Crippen molar-refractivity contribution in [1.82, 2.24) is 0 Å². The zero-order valence-electron chi connectivity index (χ0n) is 12.0. The van der Waals surface area contributed by atoms with Gasteiger partial charge in [-0.3, -0.25) is 4.79 Å². The Hall–Kier alpha value is -1.15.